The molecule has 60 valence electrons. The number of hydrogen-bond acceptors (Lipinski definition) is 5. The molecule has 11 heavy (non-hydrogen) atoms. The van der Waals surface area contributed by atoms with Gasteiger partial charge in [-0.2, -0.15) is 17.0 Å². The Morgan fingerprint density at radius 1 is 1.82 bits per heavy atom. The standard InChI is InChI=1S/C5H7N3OS2/c1-3-6-5(11-8-3)7-4(9)2-10/h10H,2H2,1H3,(H,6,7,8,9). The number of aryl methyl sites for hydroxylation is 1. The lowest BCUT2D eigenvalue weighted by Gasteiger charge is -1.93. The van der Waals surface area contributed by atoms with Gasteiger partial charge in [0.1, 0.15) is 5.82 Å². The summed E-state index contributed by atoms with van der Waals surface area (Å²) in [5, 5.41) is 3.07. The number of hydrogen-bond donors (Lipinski definition) is 2. The molecular formula is C5H7N3OS2. The van der Waals surface area contributed by atoms with Crippen molar-refractivity contribution < 1.29 is 4.79 Å². The summed E-state index contributed by atoms with van der Waals surface area (Å²) in [4.78, 5) is 14.7. The Balaban J connectivity index is 2.57. The third kappa shape index (κ3) is 2.47. The molecule has 0 unspecified atom stereocenters. The van der Waals surface area contributed by atoms with E-state index in [2.05, 4.69) is 27.3 Å². The van der Waals surface area contributed by atoms with Gasteiger partial charge in [0.25, 0.3) is 0 Å². The van der Waals surface area contributed by atoms with E-state index in [1.54, 1.807) is 6.92 Å². The summed E-state index contributed by atoms with van der Waals surface area (Å²) in [6.45, 7) is 1.77. The molecule has 0 aliphatic heterocycles. The molecule has 0 spiro atoms. The van der Waals surface area contributed by atoms with Crippen molar-refractivity contribution in [1.82, 2.24) is 9.36 Å². The minimum Gasteiger partial charge on any atom is -0.300 e. The highest BCUT2D eigenvalue weighted by molar-refractivity contribution is 7.81. The fourth-order valence-electron chi connectivity index (χ4n) is 0.507. The quantitative estimate of drug-likeness (QED) is 0.674. The zero-order valence-corrected chi connectivity index (χ0v) is 7.58. The molecule has 1 heterocycles. The molecule has 0 bridgehead atoms. The monoisotopic (exact) mass is 189 g/mol. The topological polar surface area (TPSA) is 54.9 Å². The first-order valence-electron chi connectivity index (χ1n) is 2.93. The highest BCUT2D eigenvalue weighted by atomic mass is 32.1. The Morgan fingerprint density at radius 3 is 3.00 bits per heavy atom. The molecule has 6 heteroatoms. The van der Waals surface area contributed by atoms with Crippen LogP contribution in [0.5, 0.6) is 0 Å². The third-order valence-corrected chi connectivity index (χ3v) is 1.93. The minimum absolute atomic E-state index is 0.163. The van der Waals surface area contributed by atoms with Crippen molar-refractivity contribution in [2.24, 2.45) is 0 Å². The van der Waals surface area contributed by atoms with Crippen LogP contribution < -0.4 is 5.32 Å². The van der Waals surface area contributed by atoms with Crippen molar-refractivity contribution in [2.45, 2.75) is 6.92 Å². The van der Waals surface area contributed by atoms with E-state index in [9.17, 15) is 4.79 Å². The lowest BCUT2D eigenvalue weighted by Crippen LogP contribution is -2.12. The molecule has 0 aliphatic carbocycles. The van der Waals surface area contributed by atoms with Gasteiger partial charge >= 0.3 is 0 Å². The van der Waals surface area contributed by atoms with Gasteiger partial charge in [0.2, 0.25) is 11.0 Å². The second kappa shape index (κ2) is 3.68. The Bertz CT molecular complexity index is 260. The smallest absolute Gasteiger partial charge is 0.235 e. The number of rotatable bonds is 2. The van der Waals surface area contributed by atoms with Crippen LogP contribution in [0.15, 0.2) is 0 Å². The molecule has 0 saturated carbocycles. The fraction of sp³-hybridized carbons (Fsp3) is 0.400. The normalized spacial score (nSPS) is 9.64. The van der Waals surface area contributed by atoms with Gasteiger partial charge in [0.05, 0.1) is 5.75 Å². The van der Waals surface area contributed by atoms with E-state index < -0.39 is 0 Å². The Hall–Kier alpha value is -0.620. The number of anilines is 1. The SMILES string of the molecule is Cc1nsc(NC(=O)CS)n1. The third-order valence-electron chi connectivity index (χ3n) is 0.918. The van der Waals surface area contributed by atoms with Gasteiger partial charge in [-0.1, -0.05) is 0 Å². The maximum atomic E-state index is 10.7. The molecular weight excluding hydrogens is 182 g/mol. The van der Waals surface area contributed by atoms with E-state index >= 15 is 0 Å². The first-order chi connectivity index (χ1) is 5.22. The summed E-state index contributed by atoms with van der Waals surface area (Å²) in [7, 11) is 0. The van der Waals surface area contributed by atoms with E-state index in [1.807, 2.05) is 0 Å². The second-order valence-electron chi connectivity index (χ2n) is 1.85. The van der Waals surface area contributed by atoms with Gasteiger partial charge in [-0.05, 0) is 6.92 Å². The summed E-state index contributed by atoms with van der Waals surface area (Å²) in [6.07, 6.45) is 0. The summed E-state index contributed by atoms with van der Waals surface area (Å²) in [5.41, 5.74) is 0. The van der Waals surface area contributed by atoms with Gasteiger partial charge < -0.3 is 5.32 Å². The van der Waals surface area contributed by atoms with Gasteiger partial charge in [0, 0.05) is 11.5 Å². The number of carbonyl (C=O) groups is 1. The predicted molar refractivity (Wildman–Crippen MR) is 47.1 cm³/mol. The number of nitrogens with one attached hydrogen (secondary N) is 1. The molecule has 1 N–H and O–H groups in total. The lowest BCUT2D eigenvalue weighted by molar-refractivity contribution is -0.113. The average molecular weight is 189 g/mol. The van der Waals surface area contributed by atoms with Crippen LogP contribution in [0.2, 0.25) is 0 Å². The van der Waals surface area contributed by atoms with Gasteiger partial charge in [-0.3, -0.25) is 4.79 Å². The summed E-state index contributed by atoms with van der Waals surface area (Å²) >= 11 is 4.96. The van der Waals surface area contributed by atoms with Crippen LogP contribution in [-0.4, -0.2) is 21.0 Å². The van der Waals surface area contributed by atoms with Gasteiger partial charge in [-0.15, -0.1) is 0 Å². The van der Waals surface area contributed by atoms with Crippen molar-refractivity contribution in [1.29, 1.82) is 0 Å². The molecule has 1 amide bonds. The largest absolute Gasteiger partial charge is 0.300 e. The minimum atomic E-state index is -0.163. The molecule has 1 aromatic heterocycles. The summed E-state index contributed by atoms with van der Waals surface area (Å²) in [6, 6.07) is 0. The molecule has 1 rings (SSSR count). The van der Waals surface area contributed by atoms with E-state index in [0.29, 0.717) is 11.0 Å². The molecule has 4 nitrogen and oxygen atoms in total. The number of amides is 1. The Kier molecular flexibility index (Phi) is 2.84. The van der Waals surface area contributed by atoms with E-state index in [-0.39, 0.29) is 11.7 Å². The molecule has 0 aromatic carbocycles. The van der Waals surface area contributed by atoms with Crippen LogP contribution >= 0.6 is 24.2 Å². The molecule has 0 aliphatic rings. The summed E-state index contributed by atoms with van der Waals surface area (Å²) < 4.78 is 3.89. The second-order valence-corrected chi connectivity index (χ2v) is 2.92. The zero-order chi connectivity index (χ0) is 8.27. The van der Waals surface area contributed by atoms with Crippen molar-refractivity contribution >= 4 is 35.2 Å². The van der Waals surface area contributed by atoms with E-state index in [1.165, 1.54) is 11.5 Å². The first-order valence-corrected chi connectivity index (χ1v) is 4.34. The zero-order valence-electron chi connectivity index (χ0n) is 5.87. The first kappa shape index (κ1) is 8.48. The maximum Gasteiger partial charge on any atom is 0.235 e. The maximum absolute atomic E-state index is 10.7. The summed E-state index contributed by atoms with van der Waals surface area (Å²) in [5.74, 6) is 0.674. The van der Waals surface area contributed by atoms with Crippen molar-refractivity contribution in [3.63, 3.8) is 0 Å². The van der Waals surface area contributed by atoms with Crippen LogP contribution in [-0.2, 0) is 4.79 Å². The molecule has 0 fully saturated rings. The highest BCUT2D eigenvalue weighted by Gasteiger charge is 2.02. The number of aromatic nitrogens is 2. The van der Waals surface area contributed by atoms with Crippen molar-refractivity contribution in [3.8, 4) is 0 Å². The average Bonchev–Trinajstić information content (AvgIpc) is 2.35. The van der Waals surface area contributed by atoms with Gasteiger partial charge in [0.15, 0.2) is 0 Å². The fourth-order valence-corrected chi connectivity index (χ4v) is 1.18. The lowest BCUT2D eigenvalue weighted by atomic mass is 10.7. The molecule has 0 atom stereocenters. The van der Waals surface area contributed by atoms with Crippen molar-refractivity contribution in [3.05, 3.63) is 5.82 Å². The molecule has 0 saturated heterocycles. The predicted octanol–water partition coefficient (Wildman–Crippen LogP) is 0.715. The number of thiol groups is 1. The van der Waals surface area contributed by atoms with Crippen LogP contribution in [0.4, 0.5) is 5.13 Å². The van der Waals surface area contributed by atoms with Crippen LogP contribution in [0.3, 0.4) is 0 Å². The number of carbonyl (C=O) groups excluding carboxylic acids is 1. The molecule has 1 aromatic rings. The number of nitrogens with zero attached hydrogens (tertiary/aromatic N) is 2. The van der Waals surface area contributed by atoms with Crippen LogP contribution in [0.25, 0.3) is 0 Å². The van der Waals surface area contributed by atoms with Gasteiger partial charge in [-0.25, -0.2) is 4.98 Å². The van der Waals surface area contributed by atoms with Crippen LogP contribution in [0.1, 0.15) is 5.82 Å². The highest BCUT2D eigenvalue weighted by Crippen LogP contribution is 2.09. The van der Waals surface area contributed by atoms with Crippen LogP contribution in [0, 0.1) is 6.92 Å². The Morgan fingerprint density at radius 2 is 2.55 bits per heavy atom. The Labute approximate surface area is 73.6 Å². The van der Waals surface area contributed by atoms with Crippen molar-refractivity contribution in [2.75, 3.05) is 11.1 Å². The van der Waals surface area contributed by atoms with E-state index in [4.69, 9.17) is 0 Å². The molecule has 0 radical (unpaired) electrons. The van der Waals surface area contributed by atoms with E-state index in [0.717, 1.165) is 0 Å².